The van der Waals surface area contributed by atoms with Crippen LogP contribution in [-0.4, -0.2) is 5.91 Å². The van der Waals surface area contributed by atoms with Crippen LogP contribution < -0.4 is 11.1 Å². The van der Waals surface area contributed by atoms with E-state index in [1.165, 1.54) is 12.1 Å². The first kappa shape index (κ1) is 15.0. The zero-order chi connectivity index (χ0) is 15.6. The number of hydrogen-bond donors (Lipinski definition) is 2. The Hall–Kier alpha value is -2.36. The van der Waals surface area contributed by atoms with Crippen LogP contribution in [0.4, 0.5) is 10.1 Å². The lowest BCUT2D eigenvalue weighted by atomic mass is 9.93. The molecule has 0 spiro atoms. The molecule has 0 heterocycles. The van der Waals surface area contributed by atoms with Gasteiger partial charge in [-0.15, -0.1) is 0 Å². The molecule has 3 nitrogen and oxygen atoms in total. The summed E-state index contributed by atoms with van der Waals surface area (Å²) in [5.41, 5.74) is 10.2. The molecule has 21 heavy (non-hydrogen) atoms. The van der Waals surface area contributed by atoms with Crippen LogP contribution in [-0.2, 0) is 4.79 Å². The highest BCUT2D eigenvalue weighted by atomic mass is 19.1. The van der Waals surface area contributed by atoms with Crippen molar-refractivity contribution in [2.24, 2.45) is 5.73 Å². The van der Waals surface area contributed by atoms with E-state index in [0.29, 0.717) is 5.69 Å². The average Bonchev–Trinajstić information content (AvgIpc) is 2.38. The van der Waals surface area contributed by atoms with Gasteiger partial charge in [-0.05, 0) is 61.7 Å². The number of aryl methyl sites for hydroxylation is 3. The van der Waals surface area contributed by atoms with Crippen molar-refractivity contribution in [2.75, 3.05) is 5.32 Å². The van der Waals surface area contributed by atoms with Crippen LogP contribution in [0.15, 0.2) is 36.4 Å². The molecule has 0 aromatic heterocycles. The average molecular weight is 286 g/mol. The fraction of sp³-hybridized carbons (Fsp3) is 0.235. The van der Waals surface area contributed by atoms with Crippen molar-refractivity contribution in [1.29, 1.82) is 0 Å². The van der Waals surface area contributed by atoms with Crippen LogP contribution in [0.5, 0.6) is 0 Å². The number of primary amides is 1. The Kier molecular flexibility index (Phi) is 4.26. The van der Waals surface area contributed by atoms with Gasteiger partial charge in [0.1, 0.15) is 11.9 Å². The first-order chi connectivity index (χ1) is 9.88. The van der Waals surface area contributed by atoms with Crippen molar-refractivity contribution in [2.45, 2.75) is 26.8 Å². The summed E-state index contributed by atoms with van der Waals surface area (Å²) >= 11 is 0. The van der Waals surface area contributed by atoms with Gasteiger partial charge < -0.3 is 11.1 Å². The van der Waals surface area contributed by atoms with Crippen molar-refractivity contribution in [3.05, 3.63) is 64.5 Å². The molecule has 110 valence electrons. The van der Waals surface area contributed by atoms with Crippen molar-refractivity contribution < 1.29 is 9.18 Å². The number of amides is 1. The van der Waals surface area contributed by atoms with Crippen LogP contribution >= 0.6 is 0 Å². The molecule has 1 amide bonds. The van der Waals surface area contributed by atoms with Gasteiger partial charge in [-0.25, -0.2) is 4.39 Å². The van der Waals surface area contributed by atoms with E-state index in [1.54, 1.807) is 12.1 Å². The van der Waals surface area contributed by atoms with Gasteiger partial charge in [0.25, 0.3) is 0 Å². The van der Waals surface area contributed by atoms with Crippen LogP contribution in [0.25, 0.3) is 0 Å². The second-order valence-corrected chi connectivity index (χ2v) is 5.30. The molecule has 0 bridgehead atoms. The fourth-order valence-corrected chi connectivity index (χ4v) is 2.64. The summed E-state index contributed by atoms with van der Waals surface area (Å²) in [7, 11) is 0. The Bertz CT molecular complexity index is 642. The molecule has 0 saturated carbocycles. The highest BCUT2D eigenvalue weighted by molar-refractivity contribution is 5.85. The summed E-state index contributed by atoms with van der Waals surface area (Å²) in [4.78, 5) is 11.8. The summed E-state index contributed by atoms with van der Waals surface area (Å²) in [6, 6.07) is 9.25. The molecule has 3 N–H and O–H groups in total. The molecule has 1 atom stereocenters. The molecule has 4 heteroatoms. The molecule has 2 rings (SSSR count). The van der Waals surface area contributed by atoms with Gasteiger partial charge in [-0.1, -0.05) is 17.7 Å². The van der Waals surface area contributed by atoms with E-state index in [2.05, 4.69) is 5.32 Å². The van der Waals surface area contributed by atoms with Gasteiger partial charge in [0.05, 0.1) is 0 Å². The number of hydrogen-bond acceptors (Lipinski definition) is 2. The minimum atomic E-state index is -0.643. The molecule has 1 unspecified atom stereocenters. The number of rotatable bonds is 4. The highest BCUT2D eigenvalue weighted by Gasteiger charge is 2.21. The smallest absolute Gasteiger partial charge is 0.244 e. The SMILES string of the molecule is Cc1cc(C)c(C(Nc2ccc(F)cc2)C(N)=O)c(C)c1. The van der Waals surface area contributed by atoms with E-state index in [-0.39, 0.29) is 5.82 Å². The van der Waals surface area contributed by atoms with Gasteiger partial charge in [-0.3, -0.25) is 4.79 Å². The summed E-state index contributed by atoms with van der Waals surface area (Å²) < 4.78 is 13.0. The van der Waals surface area contributed by atoms with Gasteiger partial charge >= 0.3 is 0 Å². The fourth-order valence-electron chi connectivity index (χ4n) is 2.64. The highest BCUT2D eigenvalue weighted by Crippen LogP contribution is 2.26. The third-order valence-corrected chi connectivity index (χ3v) is 3.47. The Morgan fingerprint density at radius 2 is 1.62 bits per heavy atom. The maximum atomic E-state index is 13.0. The summed E-state index contributed by atoms with van der Waals surface area (Å²) in [5, 5.41) is 3.08. The maximum Gasteiger partial charge on any atom is 0.244 e. The summed E-state index contributed by atoms with van der Waals surface area (Å²) in [6.45, 7) is 5.92. The van der Waals surface area contributed by atoms with Crippen LogP contribution in [0.2, 0.25) is 0 Å². The second kappa shape index (κ2) is 5.95. The second-order valence-electron chi connectivity index (χ2n) is 5.30. The van der Waals surface area contributed by atoms with E-state index in [1.807, 2.05) is 32.9 Å². The topological polar surface area (TPSA) is 55.1 Å². The lowest BCUT2D eigenvalue weighted by molar-refractivity contribution is -0.118. The number of carbonyl (C=O) groups excluding carboxylic acids is 1. The molecule has 0 aliphatic carbocycles. The third kappa shape index (κ3) is 3.40. The number of carbonyl (C=O) groups is 1. The predicted molar refractivity (Wildman–Crippen MR) is 82.6 cm³/mol. The molecule has 2 aromatic carbocycles. The van der Waals surface area contributed by atoms with Crippen LogP contribution in [0, 0.1) is 26.6 Å². The van der Waals surface area contributed by atoms with Crippen LogP contribution in [0.3, 0.4) is 0 Å². The lowest BCUT2D eigenvalue weighted by Crippen LogP contribution is -2.29. The van der Waals surface area contributed by atoms with E-state index in [4.69, 9.17) is 5.73 Å². The summed E-state index contributed by atoms with van der Waals surface area (Å²) in [5.74, 6) is -0.784. The van der Waals surface area contributed by atoms with E-state index < -0.39 is 11.9 Å². The Labute approximate surface area is 124 Å². The zero-order valence-corrected chi connectivity index (χ0v) is 12.4. The monoisotopic (exact) mass is 286 g/mol. The van der Waals surface area contributed by atoms with Crippen LogP contribution in [0.1, 0.15) is 28.3 Å². The van der Waals surface area contributed by atoms with Gasteiger partial charge in [0.2, 0.25) is 5.91 Å². The number of nitrogens with one attached hydrogen (secondary N) is 1. The molecular formula is C17H19FN2O. The Balaban J connectivity index is 2.40. The number of halogens is 1. The molecule has 2 aromatic rings. The minimum absolute atomic E-state index is 0.320. The van der Waals surface area contributed by atoms with Crippen molar-refractivity contribution >= 4 is 11.6 Å². The molecule has 0 aliphatic heterocycles. The predicted octanol–water partition coefficient (Wildman–Crippen LogP) is 3.39. The summed E-state index contributed by atoms with van der Waals surface area (Å²) in [6.07, 6.45) is 0. The van der Waals surface area contributed by atoms with Crippen molar-refractivity contribution in [3.8, 4) is 0 Å². The largest absolute Gasteiger partial charge is 0.370 e. The first-order valence-corrected chi connectivity index (χ1v) is 6.77. The van der Waals surface area contributed by atoms with Crippen molar-refractivity contribution in [3.63, 3.8) is 0 Å². The van der Waals surface area contributed by atoms with Gasteiger partial charge in [0.15, 0.2) is 0 Å². The van der Waals surface area contributed by atoms with Crippen molar-refractivity contribution in [1.82, 2.24) is 0 Å². The molecule has 0 saturated heterocycles. The van der Waals surface area contributed by atoms with Gasteiger partial charge in [-0.2, -0.15) is 0 Å². The standard InChI is InChI=1S/C17H19FN2O/c1-10-8-11(2)15(12(3)9-10)16(17(19)21)20-14-6-4-13(18)5-7-14/h4-9,16,20H,1-3H3,(H2,19,21). The quantitative estimate of drug-likeness (QED) is 0.905. The molecule has 0 fully saturated rings. The molecule has 0 radical (unpaired) electrons. The van der Waals surface area contributed by atoms with Gasteiger partial charge in [0, 0.05) is 5.69 Å². The molecule has 0 aliphatic rings. The number of benzene rings is 2. The first-order valence-electron chi connectivity index (χ1n) is 6.77. The van der Waals surface area contributed by atoms with E-state index in [9.17, 15) is 9.18 Å². The Morgan fingerprint density at radius 1 is 1.10 bits per heavy atom. The maximum absolute atomic E-state index is 13.0. The normalized spacial score (nSPS) is 12.0. The lowest BCUT2D eigenvalue weighted by Gasteiger charge is -2.22. The van der Waals surface area contributed by atoms with E-state index >= 15 is 0 Å². The zero-order valence-electron chi connectivity index (χ0n) is 12.4. The minimum Gasteiger partial charge on any atom is -0.370 e. The Morgan fingerprint density at radius 3 is 2.10 bits per heavy atom. The molecular weight excluding hydrogens is 267 g/mol. The number of nitrogens with two attached hydrogens (primary N) is 1. The number of anilines is 1. The van der Waals surface area contributed by atoms with E-state index in [0.717, 1.165) is 22.3 Å². The third-order valence-electron chi connectivity index (χ3n) is 3.47.